The second-order valence-electron chi connectivity index (χ2n) is 7.15. The number of amides is 3. The van der Waals surface area contributed by atoms with Crippen LogP contribution in [0.15, 0.2) is 65.8 Å². The number of hydrogen-bond donors (Lipinski definition) is 1. The van der Waals surface area contributed by atoms with Crippen LogP contribution in [0, 0.1) is 6.92 Å². The first kappa shape index (κ1) is 16.6. The molecular formula is C21H19N5O2. The number of likely N-dealkylation sites (N-methyl/N-ethyl adjacent to an activating group) is 1. The maximum Gasteiger partial charge on any atom is 0.325 e. The Morgan fingerprint density at radius 2 is 1.71 bits per heavy atom. The molecule has 1 saturated heterocycles. The molecule has 2 atom stereocenters. The molecule has 1 N–H and O–H groups in total. The normalized spacial score (nSPS) is 23.3. The van der Waals surface area contributed by atoms with Gasteiger partial charge in [-0.05, 0) is 19.1 Å². The second kappa shape index (κ2) is 5.95. The van der Waals surface area contributed by atoms with E-state index in [0.29, 0.717) is 5.96 Å². The van der Waals surface area contributed by atoms with Crippen molar-refractivity contribution in [2.24, 2.45) is 4.99 Å². The number of imide groups is 1. The summed E-state index contributed by atoms with van der Waals surface area (Å²) in [4.78, 5) is 34.8. The van der Waals surface area contributed by atoms with Crippen LogP contribution in [0.3, 0.4) is 0 Å². The van der Waals surface area contributed by atoms with Gasteiger partial charge < -0.3 is 4.90 Å². The van der Waals surface area contributed by atoms with Crippen molar-refractivity contribution in [3.05, 3.63) is 71.9 Å². The summed E-state index contributed by atoms with van der Waals surface area (Å²) >= 11 is 0. The van der Waals surface area contributed by atoms with Gasteiger partial charge in [-0.25, -0.2) is 9.79 Å². The predicted octanol–water partition coefficient (Wildman–Crippen LogP) is 2.36. The Bertz CT molecular complexity index is 1030. The zero-order valence-electron chi connectivity index (χ0n) is 15.5. The zero-order chi connectivity index (χ0) is 19.4. The number of rotatable bonds is 2. The Labute approximate surface area is 162 Å². The van der Waals surface area contributed by atoms with Crippen LogP contribution in [-0.2, 0) is 4.79 Å². The monoisotopic (exact) mass is 373 g/mol. The third-order valence-corrected chi connectivity index (χ3v) is 5.34. The number of carbonyl (C=O) groups excluding carboxylic acids is 2. The summed E-state index contributed by atoms with van der Waals surface area (Å²) in [6.07, 6.45) is 1.40. The third kappa shape index (κ3) is 2.32. The van der Waals surface area contributed by atoms with Gasteiger partial charge in [0.2, 0.25) is 5.96 Å². The van der Waals surface area contributed by atoms with Crippen molar-refractivity contribution < 1.29 is 9.59 Å². The van der Waals surface area contributed by atoms with Crippen molar-refractivity contribution in [1.82, 2.24) is 15.1 Å². The standard InChI is InChI=1S/C21H19N5O2/c1-13-8-10-15(11-9-13)26-16(14-6-4-3-5-7-14)12-25-17-18(22-20(25)26)24(2)21(28)23-19(17)27/h3-12,17-18H,1-2H3,(H,23,27,28). The van der Waals surface area contributed by atoms with Crippen LogP contribution in [0.5, 0.6) is 0 Å². The highest BCUT2D eigenvalue weighted by atomic mass is 16.2. The van der Waals surface area contributed by atoms with E-state index in [1.165, 1.54) is 4.90 Å². The van der Waals surface area contributed by atoms with E-state index in [2.05, 4.69) is 5.32 Å². The SMILES string of the molecule is Cc1ccc(N2C(c3ccccc3)=CN3C2=NC2C3C(=O)NC(=O)N2C)cc1. The molecule has 3 aliphatic rings. The fraction of sp³-hybridized carbons (Fsp3) is 0.190. The van der Waals surface area contributed by atoms with E-state index in [-0.39, 0.29) is 5.91 Å². The Morgan fingerprint density at radius 1 is 1.00 bits per heavy atom. The maximum absolute atomic E-state index is 12.6. The average molecular weight is 373 g/mol. The van der Waals surface area contributed by atoms with Crippen LogP contribution in [0.4, 0.5) is 10.5 Å². The summed E-state index contributed by atoms with van der Waals surface area (Å²) in [5, 5.41) is 2.42. The number of urea groups is 1. The van der Waals surface area contributed by atoms with E-state index in [0.717, 1.165) is 22.5 Å². The van der Waals surface area contributed by atoms with E-state index in [9.17, 15) is 9.59 Å². The highest BCUT2D eigenvalue weighted by molar-refractivity contribution is 6.16. The van der Waals surface area contributed by atoms with Crippen molar-refractivity contribution >= 4 is 29.3 Å². The van der Waals surface area contributed by atoms with Gasteiger partial charge >= 0.3 is 6.03 Å². The van der Waals surface area contributed by atoms with Crippen LogP contribution in [-0.4, -0.2) is 47.0 Å². The predicted molar refractivity (Wildman–Crippen MR) is 106 cm³/mol. The molecular weight excluding hydrogens is 354 g/mol. The maximum atomic E-state index is 12.6. The van der Waals surface area contributed by atoms with Crippen molar-refractivity contribution in [2.75, 3.05) is 11.9 Å². The van der Waals surface area contributed by atoms with Crippen LogP contribution < -0.4 is 10.2 Å². The molecule has 3 amide bonds. The Hall–Kier alpha value is -3.61. The zero-order valence-corrected chi connectivity index (χ0v) is 15.5. The number of carbonyl (C=O) groups is 2. The molecule has 140 valence electrons. The van der Waals surface area contributed by atoms with Crippen LogP contribution >= 0.6 is 0 Å². The number of hydrogen-bond acceptors (Lipinski definition) is 5. The summed E-state index contributed by atoms with van der Waals surface area (Å²) in [7, 11) is 1.66. The highest BCUT2D eigenvalue weighted by Gasteiger charge is 2.52. The molecule has 2 aromatic rings. The Morgan fingerprint density at radius 3 is 2.43 bits per heavy atom. The lowest BCUT2D eigenvalue weighted by atomic mass is 10.1. The first-order valence-electron chi connectivity index (χ1n) is 9.12. The first-order valence-corrected chi connectivity index (χ1v) is 9.12. The minimum Gasteiger partial charge on any atom is -0.303 e. The van der Waals surface area contributed by atoms with Gasteiger partial charge in [-0.2, -0.15) is 0 Å². The minimum atomic E-state index is -0.577. The van der Waals surface area contributed by atoms with Gasteiger partial charge in [-0.15, -0.1) is 0 Å². The van der Waals surface area contributed by atoms with E-state index < -0.39 is 18.2 Å². The second-order valence-corrected chi connectivity index (χ2v) is 7.15. The number of fused-ring (bicyclic) bond motifs is 3. The number of benzene rings is 2. The van der Waals surface area contributed by atoms with Gasteiger partial charge in [0.15, 0.2) is 12.2 Å². The van der Waals surface area contributed by atoms with Crippen molar-refractivity contribution in [1.29, 1.82) is 0 Å². The molecule has 1 fully saturated rings. The van der Waals surface area contributed by atoms with E-state index in [1.54, 1.807) is 7.05 Å². The summed E-state index contributed by atoms with van der Waals surface area (Å²) in [6.45, 7) is 2.04. The van der Waals surface area contributed by atoms with Gasteiger partial charge in [0.1, 0.15) is 0 Å². The summed E-state index contributed by atoms with van der Waals surface area (Å²) in [5.74, 6) is 0.315. The van der Waals surface area contributed by atoms with Crippen LogP contribution in [0.25, 0.3) is 5.70 Å². The number of aliphatic imine (C=N–C) groups is 1. The molecule has 2 unspecified atom stereocenters. The summed E-state index contributed by atoms with van der Waals surface area (Å²) in [5.41, 5.74) is 4.08. The third-order valence-electron chi connectivity index (χ3n) is 5.34. The number of nitrogens with zero attached hydrogens (tertiary/aromatic N) is 4. The van der Waals surface area contributed by atoms with Gasteiger partial charge in [0.05, 0.1) is 5.70 Å². The summed E-state index contributed by atoms with van der Waals surface area (Å²) < 4.78 is 0. The molecule has 7 heteroatoms. The Kier molecular flexibility index (Phi) is 3.52. The average Bonchev–Trinajstić information content (AvgIpc) is 3.24. The van der Waals surface area contributed by atoms with Gasteiger partial charge in [0.25, 0.3) is 5.91 Å². The van der Waals surface area contributed by atoms with Gasteiger partial charge in [0, 0.05) is 24.5 Å². The molecule has 0 saturated carbocycles. The number of guanidine groups is 1. The molecule has 3 heterocycles. The fourth-order valence-electron chi connectivity index (χ4n) is 3.84. The fourth-order valence-corrected chi connectivity index (χ4v) is 3.84. The van der Waals surface area contributed by atoms with E-state index >= 15 is 0 Å². The molecule has 3 aliphatic heterocycles. The van der Waals surface area contributed by atoms with Crippen LogP contribution in [0.1, 0.15) is 11.1 Å². The van der Waals surface area contributed by atoms with Gasteiger partial charge in [-0.3, -0.25) is 19.9 Å². The molecule has 5 rings (SSSR count). The van der Waals surface area contributed by atoms with Crippen molar-refractivity contribution in [3.8, 4) is 0 Å². The lowest BCUT2D eigenvalue weighted by Crippen LogP contribution is -2.62. The minimum absolute atomic E-state index is 0.332. The van der Waals surface area contributed by atoms with Crippen LogP contribution in [0.2, 0.25) is 0 Å². The molecule has 0 aliphatic carbocycles. The number of nitrogens with one attached hydrogen (secondary N) is 1. The molecule has 0 radical (unpaired) electrons. The van der Waals surface area contributed by atoms with E-state index in [1.807, 2.05) is 77.5 Å². The number of aryl methyl sites for hydroxylation is 1. The largest absolute Gasteiger partial charge is 0.325 e. The molecule has 28 heavy (non-hydrogen) atoms. The molecule has 2 aromatic carbocycles. The number of anilines is 1. The Balaban J connectivity index is 1.64. The molecule has 7 nitrogen and oxygen atoms in total. The first-order chi connectivity index (χ1) is 13.5. The van der Waals surface area contributed by atoms with E-state index in [4.69, 9.17) is 4.99 Å². The molecule has 0 bridgehead atoms. The highest BCUT2D eigenvalue weighted by Crippen LogP contribution is 2.38. The lowest BCUT2D eigenvalue weighted by Gasteiger charge is -2.34. The topological polar surface area (TPSA) is 68.2 Å². The molecule has 0 aromatic heterocycles. The quantitative estimate of drug-likeness (QED) is 0.878. The van der Waals surface area contributed by atoms with Crippen molar-refractivity contribution in [3.63, 3.8) is 0 Å². The van der Waals surface area contributed by atoms with Crippen molar-refractivity contribution in [2.45, 2.75) is 19.1 Å². The molecule has 0 spiro atoms. The van der Waals surface area contributed by atoms with Gasteiger partial charge in [-0.1, -0.05) is 48.0 Å². The lowest BCUT2D eigenvalue weighted by molar-refractivity contribution is -0.126. The smallest absolute Gasteiger partial charge is 0.303 e. The summed E-state index contributed by atoms with van der Waals surface area (Å²) in [6, 6.07) is 17.2.